The number of anilines is 2. The Morgan fingerprint density at radius 1 is 1.05 bits per heavy atom. The highest BCUT2D eigenvalue weighted by Gasteiger charge is 2.30. The second-order valence-electron chi connectivity index (χ2n) is 8.08. The molecule has 196 valence electrons. The Balaban J connectivity index is 1.62. The van der Waals surface area contributed by atoms with Crippen LogP contribution in [0.2, 0.25) is 5.15 Å². The molecule has 0 saturated heterocycles. The number of hydrogen-bond acceptors (Lipinski definition) is 7. The fraction of sp³-hybridized carbons (Fsp3) is 0.280. The molecule has 1 N–H and O–H groups in total. The zero-order valence-electron chi connectivity index (χ0n) is 20.2. The number of nitrogens with one attached hydrogen (secondary N) is 1. The highest BCUT2D eigenvalue weighted by atomic mass is 35.5. The molecule has 0 spiro atoms. The number of amides is 1. The summed E-state index contributed by atoms with van der Waals surface area (Å²) in [6, 6.07) is 11.0. The molecule has 37 heavy (non-hydrogen) atoms. The van der Waals surface area contributed by atoms with Crippen LogP contribution in [-0.4, -0.2) is 43.0 Å². The first-order valence-corrected chi connectivity index (χ1v) is 12.3. The lowest BCUT2D eigenvalue weighted by Crippen LogP contribution is -2.16. The van der Waals surface area contributed by atoms with Crippen molar-refractivity contribution in [1.29, 1.82) is 0 Å². The van der Waals surface area contributed by atoms with Crippen molar-refractivity contribution in [3.63, 3.8) is 0 Å². The highest BCUT2D eigenvalue weighted by Crippen LogP contribution is 2.30. The molecule has 3 rings (SSSR count). The molecule has 0 atom stereocenters. The first-order chi connectivity index (χ1) is 17.5. The van der Waals surface area contributed by atoms with Gasteiger partial charge in [-0.2, -0.15) is 13.2 Å². The van der Waals surface area contributed by atoms with Crippen LogP contribution in [0.4, 0.5) is 24.7 Å². The SMILES string of the molecule is COC(=O)CCc1c(Cl)nc(SCc2ccc(NC(=O)c3ccc(C(F)(F)F)cc3)cc2)nc1N(C)C. The maximum Gasteiger partial charge on any atom is 0.416 e. The van der Waals surface area contributed by atoms with E-state index in [9.17, 15) is 22.8 Å². The summed E-state index contributed by atoms with van der Waals surface area (Å²) in [5.74, 6) is 0.283. The maximum absolute atomic E-state index is 12.7. The highest BCUT2D eigenvalue weighted by molar-refractivity contribution is 7.98. The van der Waals surface area contributed by atoms with Gasteiger partial charge in [0.1, 0.15) is 11.0 Å². The van der Waals surface area contributed by atoms with E-state index in [2.05, 4.69) is 20.0 Å². The molecule has 2 aromatic carbocycles. The van der Waals surface area contributed by atoms with Gasteiger partial charge >= 0.3 is 12.1 Å². The third-order valence-electron chi connectivity index (χ3n) is 5.20. The van der Waals surface area contributed by atoms with Crippen molar-refractivity contribution in [1.82, 2.24) is 9.97 Å². The second-order valence-corrected chi connectivity index (χ2v) is 9.39. The molecular weight excluding hydrogens is 529 g/mol. The lowest BCUT2D eigenvalue weighted by molar-refractivity contribution is -0.140. The van der Waals surface area contributed by atoms with Crippen molar-refractivity contribution in [2.24, 2.45) is 0 Å². The summed E-state index contributed by atoms with van der Waals surface area (Å²) < 4.78 is 42.8. The van der Waals surface area contributed by atoms with E-state index >= 15 is 0 Å². The summed E-state index contributed by atoms with van der Waals surface area (Å²) in [6.07, 6.45) is -3.95. The smallest absolute Gasteiger partial charge is 0.416 e. The molecule has 0 aliphatic heterocycles. The Bertz CT molecular complexity index is 1250. The van der Waals surface area contributed by atoms with Gasteiger partial charge < -0.3 is 15.0 Å². The van der Waals surface area contributed by atoms with Crippen LogP contribution in [0.15, 0.2) is 53.7 Å². The molecule has 0 fully saturated rings. The van der Waals surface area contributed by atoms with Crippen molar-refractivity contribution in [3.05, 3.63) is 75.9 Å². The minimum atomic E-state index is -4.46. The number of thioether (sulfide) groups is 1. The fourth-order valence-corrected chi connectivity index (χ4v) is 4.36. The van der Waals surface area contributed by atoms with Gasteiger partial charge in [-0.25, -0.2) is 9.97 Å². The van der Waals surface area contributed by atoms with Crippen molar-refractivity contribution in [2.45, 2.75) is 29.9 Å². The maximum atomic E-state index is 12.7. The molecule has 7 nitrogen and oxygen atoms in total. The Kier molecular flexibility index (Phi) is 9.39. The van der Waals surface area contributed by atoms with Gasteiger partial charge in [-0.15, -0.1) is 0 Å². The number of carbonyl (C=O) groups excluding carboxylic acids is 2. The summed E-state index contributed by atoms with van der Waals surface area (Å²) in [7, 11) is 4.98. The Labute approximate surface area is 221 Å². The predicted molar refractivity (Wildman–Crippen MR) is 137 cm³/mol. The first kappa shape index (κ1) is 28.3. The summed E-state index contributed by atoms with van der Waals surface area (Å²) in [5, 5.41) is 3.41. The number of methoxy groups -OCH3 is 1. The van der Waals surface area contributed by atoms with Crippen LogP contribution in [0, 0.1) is 0 Å². The lowest BCUT2D eigenvalue weighted by atomic mass is 10.1. The van der Waals surface area contributed by atoms with Gasteiger partial charge in [-0.3, -0.25) is 9.59 Å². The van der Waals surface area contributed by atoms with E-state index in [1.165, 1.54) is 18.9 Å². The quantitative estimate of drug-likeness (QED) is 0.154. The van der Waals surface area contributed by atoms with Gasteiger partial charge in [0.2, 0.25) is 0 Å². The number of benzene rings is 2. The number of rotatable bonds is 9. The lowest BCUT2D eigenvalue weighted by Gasteiger charge is -2.18. The van der Waals surface area contributed by atoms with Crippen LogP contribution in [0.5, 0.6) is 0 Å². The predicted octanol–water partition coefficient (Wildman–Crippen LogP) is 5.87. The van der Waals surface area contributed by atoms with Crippen LogP contribution in [0.1, 0.15) is 33.5 Å². The summed E-state index contributed by atoms with van der Waals surface area (Å²) in [6.45, 7) is 0. The standard InChI is InChI=1S/C25H24ClF3N4O3S/c1-33(2)22-19(12-13-20(34)36-3)21(26)31-24(32-22)37-14-15-4-10-18(11-5-15)30-23(35)16-6-8-17(9-7-16)25(27,28)29/h4-11H,12-14H2,1-3H3,(H,30,35). The third kappa shape index (κ3) is 7.83. The zero-order valence-corrected chi connectivity index (χ0v) is 21.8. The van der Waals surface area contributed by atoms with Crippen LogP contribution in [0.25, 0.3) is 0 Å². The van der Waals surface area contributed by atoms with E-state index in [-0.39, 0.29) is 23.1 Å². The molecule has 0 unspecified atom stereocenters. The average Bonchev–Trinajstić information content (AvgIpc) is 2.86. The zero-order chi connectivity index (χ0) is 27.2. The molecule has 12 heteroatoms. The number of halogens is 4. The van der Waals surface area contributed by atoms with E-state index in [0.717, 1.165) is 29.8 Å². The third-order valence-corrected chi connectivity index (χ3v) is 6.43. The minimum absolute atomic E-state index is 0.119. The number of hydrogen-bond donors (Lipinski definition) is 1. The van der Waals surface area contributed by atoms with Gasteiger partial charge in [0.15, 0.2) is 5.16 Å². The number of esters is 1. The molecule has 3 aromatic rings. The van der Waals surface area contributed by atoms with Crippen molar-refractivity contribution in [3.8, 4) is 0 Å². The molecule has 0 aliphatic carbocycles. The van der Waals surface area contributed by atoms with Crippen molar-refractivity contribution >= 4 is 46.7 Å². The van der Waals surface area contributed by atoms with Gasteiger partial charge in [-0.05, 0) is 48.4 Å². The minimum Gasteiger partial charge on any atom is -0.469 e. The summed E-state index contributed by atoms with van der Waals surface area (Å²) >= 11 is 7.77. The Morgan fingerprint density at radius 2 is 1.70 bits per heavy atom. The fourth-order valence-electron chi connectivity index (χ4n) is 3.25. The van der Waals surface area contributed by atoms with Crippen LogP contribution in [0.3, 0.4) is 0 Å². The second kappa shape index (κ2) is 12.3. The van der Waals surface area contributed by atoms with E-state index in [4.69, 9.17) is 11.6 Å². The number of carbonyl (C=O) groups is 2. The van der Waals surface area contributed by atoms with Crippen LogP contribution >= 0.6 is 23.4 Å². The summed E-state index contributed by atoms with van der Waals surface area (Å²) in [4.78, 5) is 34.6. The van der Waals surface area contributed by atoms with Crippen molar-refractivity contribution in [2.75, 3.05) is 31.4 Å². The van der Waals surface area contributed by atoms with E-state index < -0.39 is 17.6 Å². The number of aromatic nitrogens is 2. The van der Waals surface area contributed by atoms with Gasteiger partial charge in [0.25, 0.3) is 5.91 Å². The topological polar surface area (TPSA) is 84.4 Å². The Hall–Kier alpha value is -3.31. The first-order valence-electron chi connectivity index (χ1n) is 11.0. The molecule has 1 amide bonds. The van der Waals surface area contributed by atoms with E-state index in [0.29, 0.717) is 34.4 Å². The molecule has 0 aliphatic rings. The molecule has 1 heterocycles. The van der Waals surface area contributed by atoms with Gasteiger partial charge in [-0.1, -0.05) is 35.5 Å². The monoisotopic (exact) mass is 552 g/mol. The van der Waals surface area contributed by atoms with Crippen molar-refractivity contribution < 1.29 is 27.5 Å². The molecule has 0 bridgehead atoms. The van der Waals surface area contributed by atoms with E-state index in [1.807, 2.05) is 26.2 Å². The molecular formula is C25H24ClF3N4O3S. The van der Waals surface area contributed by atoms with Crippen LogP contribution in [-0.2, 0) is 27.9 Å². The normalized spacial score (nSPS) is 11.2. The average molecular weight is 553 g/mol. The number of ether oxygens (including phenoxy) is 1. The van der Waals surface area contributed by atoms with Crippen LogP contribution < -0.4 is 10.2 Å². The van der Waals surface area contributed by atoms with Gasteiger partial charge in [0, 0.05) is 43.1 Å². The number of nitrogens with zero attached hydrogens (tertiary/aromatic N) is 3. The van der Waals surface area contributed by atoms with Gasteiger partial charge in [0.05, 0.1) is 12.7 Å². The molecule has 1 aromatic heterocycles. The largest absolute Gasteiger partial charge is 0.469 e. The molecule has 0 saturated carbocycles. The summed E-state index contributed by atoms with van der Waals surface area (Å²) in [5.41, 5.74) is 1.40. The molecule has 0 radical (unpaired) electrons. The number of alkyl halides is 3. The Morgan fingerprint density at radius 3 is 2.27 bits per heavy atom. The van der Waals surface area contributed by atoms with E-state index in [1.54, 1.807) is 17.0 Å².